The molecule has 0 amide bonds. The third-order valence-electron chi connectivity index (χ3n) is 4.36. The smallest absolute Gasteiger partial charge is 0.277 e. The number of nitrogens with zero attached hydrogens (tertiary/aromatic N) is 5. The standard InChI is InChI=1S/C19H16ClN5O2/c1-11-7-13-9-16(26-2)17(27-3)10-15(13)18(12-5-4-6-14(20)8-12)25(11)19-21-23-24-22-19/h4-10H,1-3H3. The lowest BCUT2D eigenvalue weighted by Crippen LogP contribution is -2.39. The van der Waals surface area contributed by atoms with Crippen molar-refractivity contribution in [1.82, 2.24) is 20.6 Å². The highest BCUT2D eigenvalue weighted by atomic mass is 35.5. The summed E-state index contributed by atoms with van der Waals surface area (Å²) in [6.07, 6.45) is 0. The summed E-state index contributed by atoms with van der Waals surface area (Å²) >= 11 is 6.26. The summed E-state index contributed by atoms with van der Waals surface area (Å²) in [5.74, 6) is 1.68. The van der Waals surface area contributed by atoms with Gasteiger partial charge in [0.1, 0.15) is 0 Å². The van der Waals surface area contributed by atoms with E-state index < -0.39 is 0 Å². The van der Waals surface area contributed by atoms with Crippen molar-refractivity contribution >= 4 is 22.4 Å². The third-order valence-corrected chi connectivity index (χ3v) is 4.59. The molecule has 0 radical (unpaired) electrons. The predicted molar refractivity (Wildman–Crippen MR) is 100 cm³/mol. The first kappa shape index (κ1) is 17.2. The van der Waals surface area contributed by atoms with Crippen LogP contribution in [0.5, 0.6) is 11.5 Å². The molecule has 4 aromatic rings. The fraction of sp³-hybridized carbons (Fsp3) is 0.158. The van der Waals surface area contributed by atoms with Gasteiger partial charge in [-0.25, -0.2) is 0 Å². The number of rotatable bonds is 4. The average Bonchev–Trinajstić information content (AvgIpc) is 3.20. The van der Waals surface area contributed by atoms with Gasteiger partial charge in [-0.15, -0.1) is 0 Å². The largest absolute Gasteiger partial charge is 0.493 e. The third kappa shape index (κ3) is 2.96. The Kier molecular flexibility index (Phi) is 4.37. The SMILES string of the molecule is COc1cc2cc(C)[n+](-c3nnn[n-]3)c(-c3cccc(Cl)c3)c2cc1OC. The van der Waals surface area contributed by atoms with Gasteiger partial charge in [-0.1, -0.05) is 33.9 Å². The van der Waals surface area contributed by atoms with Gasteiger partial charge in [0.2, 0.25) is 0 Å². The number of aryl methyl sites for hydroxylation is 1. The van der Waals surface area contributed by atoms with Gasteiger partial charge in [-0.05, 0) is 53.1 Å². The zero-order valence-corrected chi connectivity index (χ0v) is 15.7. The molecule has 0 bridgehead atoms. The molecule has 0 fully saturated rings. The Labute approximate surface area is 160 Å². The van der Waals surface area contributed by atoms with E-state index in [1.165, 1.54) is 0 Å². The number of pyridine rings is 1. The van der Waals surface area contributed by atoms with Crippen LogP contribution in [-0.2, 0) is 0 Å². The molecule has 0 aliphatic carbocycles. The van der Waals surface area contributed by atoms with E-state index in [0.29, 0.717) is 22.5 Å². The van der Waals surface area contributed by atoms with E-state index in [0.717, 1.165) is 27.7 Å². The Morgan fingerprint density at radius 2 is 1.81 bits per heavy atom. The number of halogens is 1. The summed E-state index contributed by atoms with van der Waals surface area (Å²) in [7, 11) is 3.23. The van der Waals surface area contributed by atoms with Gasteiger partial charge in [0.25, 0.3) is 5.95 Å². The fourth-order valence-corrected chi connectivity index (χ4v) is 3.40. The van der Waals surface area contributed by atoms with E-state index in [4.69, 9.17) is 21.1 Å². The van der Waals surface area contributed by atoms with Crippen LogP contribution in [0, 0.1) is 6.92 Å². The quantitative estimate of drug-likeness (QED) is 0.506. The summed E-state index contributed by atoms with van der Waals surface area (Å²) in [5.41, 5.74) is 2.69. The molecule has 4 rings (SSSR count). The molecule has 0 atom stereocenters. The molecule has 136 valence electrons. The van der Waals surface area contributed by atoms with Crippen molar-refractivity contribution in [2.24, 2.45) is 0 Å². The lowest BCUT2D eigenvalue weighted by molar-refractivity contribution is -0.598. The maximum Gasteiger partial charge on any atom is 0.277 e. The van der Waals surface area contributed by atoms with Crippen LogP contribution in [0.25, 0.3) is 28.0 Å². The van der Waals surface area contributed by atoms with Gasteiger partial charge < -0.3 is 9.47 Å². The highest BCUT2D eigenvalue weighted by molar-refractivity contribution is 6.30. The van der Waals surface area contributed by atoms with Crippen LogP contribution in [-0.4, -0.2) is 29.7 Å². The van der Waals surface area contributed by atoms with Gasteiger partial charge in [0.15, 0.2) is 11.5 Å². The van der Waals surface area contributed by atoms with Gasteiger partial charge in [0, 0.05) is 21.7 Å². The van der Waals surface area contributed by atoms with Crippen molar-refractivity contribution in [3.63, 3.8) is 0 Å². The molecule has 0 N–H and O–H groups in total. The number of aromatic nitrogens is 5. The van der Waals surface area contributed by atoms with Gasteiger partial charge in [-0.2, -0.15) is 0 Å². The molecule has 0 saturated heterocycles. The van der Waals surface area contributed by atoms with Crippen molar-refractivity contribution in [3.8, 4) is 28.7 Å². The number of ether oxygens (including phenoxy) is 2. The van der Waals surface area contributed by atoms with Crippen LogP contribution in [0.2, 0.25) is 5.02 Å². The molecular weight excluding hydrogens is 366 g/mol. The minimum atomic E-state index is 0.388. The normalized spacial score (nSPS) is 11.0. The Morgan fingerprint density at radius 1 is 1.04 bits per heavy atom. The molecule has 7 nitrogen and oxygen atoms in total. The molecule has 2 heterocycles. The van der Waals surface area contributed by atoms with Crippen LogP contribution >= 0.6 is 11.6 Å². The number of hydrogen-bond donors (Lipinski definition) is 0. The van der Waals surface area contributed by atoms with Gasteiger partial charge in [0.05, 0.1) is 19.9 Å². The molecule has 0 aliphatic heterocycles. The van der Waals surface area contributed by atoms with Gasteiger partial charge >= 0.3 is 0 Å². The van der Waals surface area contributed by atoms with E-state index >= 15 is 0 Å². The Balaban J connectivity index is 2.16. The summed E-state index contributed by atoms with van der Waals surface area (Å²) in [4.78, 5) is 0. The summed E-state index contributed by atoms with van der Waals surface area (Å²) in [6, 6.07) is 13.5. The minimum absolute atomic E-state index is 0.388. The molecule has 2 aromatic heterocycles. The monoisotopic (exact) mass is 381 g/mol. The second kappa shape index (κ2) is 6.85. The Bertz CT molecular complexity index is 1130. The second-order valence-electron chi connectivity index (χ2n) is 5.95. The zero-order chi connectivity index (χ0) is 19.0. The van der Waals surface area contributed by atoms with Crippen LogP contribution in [0.15, 0.2) is 42.5 Å². The maximum atomic E-state index is 6.26. The molecule has 27 heavy (non-hydrogen) atoms. The second-order valence-corrected chi connectivity index (χ2v) is 6.39. The summed E-state index contributed by atoms with van der Waals surface area (Å²) < 4.78 is 12.9. The molecule has 8 heteroatoms. The lowest BCUT2D eigenvalue weighted by Gasteiger charge is -2.19. The first-order valence-electron chi connectivity index (χ1n) is 8.19. The van der Waals surface area contributed by atoms with Crippen LogP contribution in [0.1, 0.15) is 5.69 Å². The van der Waals surface area contributed by atoms with Crippen molar-refractivity contribution in [1.29, 1.82) is 0 Å². The van der Waals surface area contributed by atoms with E-state index in [2.05, 4.69) is 20.6 Å². The topological polar surface area (TPSA) is 75.1 Å². The Morgan fingerprint density at radius 3 is 2.48 bits per heavy atom. The average molecular weight is 382 g/mol. The highest BCUT2D eigenvalue weighted by Gasteiger charge is 2.18. The molecule has 0 unspecified atom stereocenters. The van der Waals surface area contributed by atoms with Crippen molar-refractivity contribution in [2.75, 3.05) is 14.2 Å². The number of benzene rings is 2. The van der Waals surface area contributed by atoms with Gasteiger partial charge in [-0.3, -0.25) is 4.57 Å². The van der Waals surface area contributed by atoms with E-state index in [-0.39, 0.29) is 0 Å². The van der Waals surface area contributed by atoms with E-state index in [1.807, 2.05) is 54.0 Å². The van der Waals surface area contributed by atoms with Crippen LogP contribution in [0.4, 0.5) is 0 Å². The predicted octanol–water partition coefficient (Wildman–Crippen LogP) is 2.90. The van der Waals surface area contributed by atoms with E-state index in [1.54, 1.807) is 14.2 Å². The fourth-order valence-electron chi connectivity index (χ4n) is 3.21. The number of tetrazole rings is 1. The number of hydrogen-bond acceptors (Lipinski definition) is 5. The lowest BCUT2D eigenvalue weighted by atomic mass is 10.0. The van der Waals surface area contributed by atoms with Crippen molar-refractivity contribution in [3.05, 3.63) is 53.2 Å². The van der Waals surface area contributed by atoms with Crippen LogP contribution < -0.4 is 19.1 Å². The molecule has 0 saturated carbocycles. The number of methoxy groups -OCH3 is 2. The Hall–Kier alpha value is -3.19. The molecule has 0 aliphatic rings. The zero-order valence-electron chi connectivity index (χ0n) is 15.0. The highest BCUT2D eigenvalue weighted by Crippen LogP contribution is 2.36. The molecule has 0 spiro atoms. The van der Waals surface area contributed by atoms with Crippen molar-refractivity contribution in [2.45, 2.75) is 6.92 Å². The van der Waals surface area contributed by atoms with Crippen molar-refractivity contribution < 1.29 is 14.0 Å². The molecular formula is C19H16ClN5O2. The number of fused-ring (bicyclic) bond motifs is 1. The maximum absolute atomic E-state index is 6.26. The first-order valence-corrected chi connectivity index (χ1v) is 8.56. The first-order chi connectivity index (χ1) is 13.1. The summed E-state index contributed by atoms with van der Waals surface area (Å²) in [6.45, 7) is 1.97. The molecule has 2 aromatic carbocycles. The minimum Gasteiger partial charge on any atom is -0.493 e. The summed E-state index contributed by atoms with van der Waals surface area (Å²) in [5, 5.41) is 17.9. The van der Waals surface area contributed by atoms with E-state index in [9.17, 15) is 0 Å². The van der Waals surface area contributed by atoms with Crippen LogP contribution in [0.3, 0.4) is 0 Å².